The molecule has 0 spiro atoms. The first-order valence-electron chi connectivity index (χ1n) is 6.31. The van der Waals surface area contributed by atoms with Crippen LogP contribution in [-0.2, 0) is 0 Å². The second-order valence-corrected chi connectivity index (χ2v) is 5.25. The van der Waals surface area contributed by atoms with Gasteiger partial charge in [0.1, 0.15) is 18.1 Å². The number of anilines is 1. The molecule has 4 N–H and O–H groups in total. The van der Waals surface area contributed by atoms with E-state index in [1.54, 1.807) is 36.4 Å². The van der Waals surface area contributed by atoms with Gasteiger partial charge in [0.15, 0.2) is 0 Å². The fourth-order valence-electron chi connectivity index (χ4n) is 1.72. The van der Waals surface area contributed by atoms with Crippen molar-refractivity contribution >= 4 is 27.5 Å². The third kappa shape index (κ3) is 4.39. The maximum Gasteiger partial charge on any atom is 0.255 e. The fraction of sp³-hybridized carbons (Fsp3) is 0.133. The van der Waals surface area contributed by atoms with Crippen molar-refractivity contribution in [3.8, 4) is 11.5 Å². The zero-order valence-corrected chi connectivity index (χ0v) is 12.8. The normalized spacial score (nSPS) is 10.1. The molecule has 0 unspecified atom stereocenters. The van der Waals surface area contributed by atoms with Crippen molar-refractivity contribution in [1.29, 1.82) is 0 Å². The topological polar surface area (TPSA) is 84.6 Å². The van der Waals surface area contributed by atoms with E-state index in [9.17, 15) is 9.90 Å². The number of phenolic OH excluding ortho intramolecular Hbond substituents is 1. The SMILES string of the molecule is Nc1cccc(OCCNC(=O)c2cc(Br)ccc2O)c1. The molecule has 0 aliphatic rings. The fourth-order valence-corrected chi connectivity index (χ4v) is 2.08. The van der Waals surface area contributed by atoms with Crippen molar-refractivity contribution in [3.05, 3.63) is 52.5 Å². The third-order valence-corrected chi connectivity index (χ3v) is 3.21. The summed E-state index contributed by atoms with van der Waals surface area (Å²) in [5.41, 5.74) is 6.47. The molecule has 0 saturated carbocycles. The standard InChI is InChI=1S/C15H15BrN2O3/c16-10-4-5-14(19)13(8-10)15(20)18-6-7-21-12-3-1-2-11(17)9-12/h1-5,8-9,19H,6-7,17H2,(H,18,20). The van der Waals surface area contributed by atoms with Crippen molar-refractivity contribution < 1.29 is 14.6 Å². The molecule has 0 heterocycles. The lowest BCUT2D eigenvalue weighted by Crippen LogP contribution is -2.28. The summed E-state index contributed by atoms with van der Waals surface area (Å²) in [5, 5.41) is 12.3. The van der Waals surface area contributed by atoms with Crippen LogP contribution >= 0.6 is 15.9 Å². The lowest BCUT2D eigenvalue weighted by molar-refractivity contribution is 0.0944. The summed E-state index contributed by atoms with van der Waals surface area (Å²) in [7, 11) is 0. The van der Waals surface area contributed by atoms with Crippen molar-refractivity contribution in [1.82, 2.24) is 5.32 Å². The molecule has 0 atom stereocenters. The third-order valence-electron chi connectivity index (χ3n) is 2.72. The van der Waals surface area contributed by atoms with Gasteiger partial charge in [0.25, 0.3) is 5.91 Å². The molecule has 0 bridgehead atoms. The van der Waals surface area contributed by atoms with Gasteiger partial charge in [-0.05, 0) is 30.3 Å². The van der Waals surface area contributed by atoms with Crippen molar-refractivity contribution in [2.45, 2.75) is 0 Å². The van der Waals surface area contributed by atoms with Crippen molar-refractivity contribution in [2.24, 2.45) is 0 Å². The molecule has 2 aromatic carbocycles. The van der Waals surface area contributed by atoms with E-state index in [2.05, 4.69) is 21.2 Å². The lowest BCUT2D eigenvalue weighted by Gasteiger charge is -2.09. The van der Waals surface area contributed by atoms with E-state index in [1.807, 2.05) is 0 Å². The number of carbonyl (C=O) groups is 1. The Hall–Kier alpha value is -2.21. The summed E-state index contributed by atoms with van der Waals surface area (Å²) in [6.07, 6.45) is 0. The van der Waals surface area contributed by atoms with E-state index in [0.29, 0.717) is 24.6 Å². The Kier molecular flexibility index (Phi) is 5.05. The number of ether oxygens (including phenoxy) is 1. The van der Waals surface area contributed by atoms with Crippen LogP contribution < -0.4 is 15.8 Å². The maximum absolute atomic E-state index is 11.9. The van der Waals surface area contributed by atoms with Crippen LogP contribution in [0, 0.1) is 0 Å². The highest BCUT2D eigenvalue weighted by molar-refractivity contribution is 9.10. The molecule has 0 aliphatic carbocycles. The first kappa shape index (κ1) is 15.2. The molecule has 21 heavy (non-hydrogen) atoms. The van der Waals surface area contributed by atoms with Crippen molar-refractivity contribution in [2.75, 3.05) is 18.9 Å². The largest absolute Gasteiger partial charge is 0.507 e. The minimum Gasteiger partial charge on any atom is -0.507 e. The highest BCUT2D eigenvalue weighted by Gasteiger charge is 2.10. The molecule has 0 aromatic heterocycles. The molecule has 6 heteroatoms. The molecule has 1 amide bonds. The Balaban J connectivity index is 1.83. The van der Waals surface area contributed by atoms with Gasteiger partial charge in [-0.2, -0.15) is 0 Å². The summed E-state index contributed by atoms with van der Waals surface area (Å²) < 4.78 is 6.18. The van der Waals surface area contributed by atoms with Gasteiger partial charge in [-0.25, -0.2) is 0 Å². The smallest absolute Gasteiger partial charge is 0.255 e. The number of nitrogen functional groups attached to an aromatic ring is 1. The van der Waals surface area contributed by atoms with E-state index < -0.39 is 0 Å². The monoisotopic (exact) mass is 350 g/mol. The number of halogens is 1. The first-order valence-corrected chi connectivity index (χ1v) is 7.10. The molecule has 5 nitrogen and oxygen atoms in total. The number of nitrogens with one attached hydrogen (secondary N) is 1. The maximum atomic E-state index is 11.9. The van der Waals surface area contributed by atoms with Crippen LogP contribution in [0.4, 0.5) is 5.69 Å². The summed E-state index contributed by atoms with van der Waals surface area (Å²) in [5.74, 6) is 0.229. The Morgan fingerprint density at radius 1 is 1.29 bits per heavy atom. The number of aromatic hydroxyl groups is 1. The van der Waals surface area contributed by atoms with E-state index in [4.69, 9.17) is 10.5 Å². The molecular formula is C15H15BrN2O3. The zero-order chi connectivity index (χ0) is 15.2. The van der Waals surface area contributed by atoms with Crippen LogP contribution in [0.5, 0.6) is 11.5 Å². The number of amides is 1. The van der Waals surface area contributed by atoms with E-state index >= 15 is 0 Å². The predicted octanol–water partition coefficient (Wildman–Crippen LogP) is 2.55. The minimum atomic E-state index is -0.357. The van der Waals surface area contributed by atoms with Crippen LogP contribution in [0.2, 0.25) is 0 Å². The van der Waals surface area contributed by atoms with E-state index in [0.717, 1.165) is 4.47 Å². The van der Waals surface area contributed by atoms with Gasteiger partial charge in [0.05, 0.1) is 12.1 Å². The van der Waals surface area contributed by atoms with Gasteiger partial charge < -0.3 is 20.9 Å². The predicted molar refractivity (Wildman–Crippen MR) is 84.5 cm³/mol. The number of hydrogen-bond acceptors (Lipinski definition) is 4. The van der Waals surface area contributed by atoms with Gasteiger partial charge in [0, 0.05) is 16.2 Å². The lowest BCUT2D eigenvalue weighted by atomic mass is 10.2. The number of carbonyl (C=O) groups excluding carboxylic acids is 1. The molecule has 2 aromatic rings. The Morgan fingerprint density at radius 3 is 2.86 bits per heavy atom. The van der Waals surface area contributed by atoms with Gasteiger partial charge in [-0.1, -0.05) is 22.0 Å². The summed E-state index contributed by atoms with van der Waals surface area (Å²) in [4.78, 5) is 11.9. The van der Waals surface area contributed by atoms with Crippen LogP contribution in [0.15, 0.2) is 46.9 Å². The second-order valence-electron chi connectivity index (χ2n) is 4.34. The molecule has 0 aliphatic heterocycles. The van der Waals surface area contributed by atoms with E-state index in [-0.39, 0.29) is 17.2 Å². The molecule has 2 rings (SSSR count). The summed E-state index contributed by atoms with van der Waals surface area (Å²) in [6, 6.07) is 11.7. The second kappa shape index (κ2) is 6.99. The Bertz CT molecular complexity index is 647. The quantitative estimate of drug-likeness (QED) is 0.571. The minimum absolute atomic E-state index is 0.0625. The number of phenols is 1. The Labute approximate surface area is 130 Å². The average Bonchev–Trinajstić information content (AvgIpc) is 2.46. The number of benzene rings is 2. The van der Waals surface area contributed by atoms with Crippen LogP contribution in [0.1, 0.15) is 10.4 Å². The van der Waals surface area contributed by atoms with Crippen LogP contribution in [-0.4, -0.2) is 24.2 Å². The molecular weight excluding hydrogens is 336 g/mol. The number of rotatable bonds is 5. The average molecular weight is 351 g/mol. The summed E-state index contributed by atoms with van der Waals surface area (Å²) >= 11 is 3.26. The van der Waals surface area contributed by atoms with Crippen molar-refractivity contribution in [3.63, 3.8) is 0 Å². The first-order chi connectivity index (χ1) is 10.1. The van der Waals surface area contributed by atoms with Gasteiger partial charge >= 0.3 is 0 Å². The molecule has 0 saturated heterocycles. The number of hydrogen-bond donors (Lipinski definition) is 3. The van der Waals surface area contributed by atoms with Gasteiger partial charge in [-0.3, -0.25) is 4.79 Å². The molecule has 110 valence electrons. The molecule has 0 fully saturated rings. The van der Waals surface area contributed by atoms with Crippen LogP contribution in [0.3, 0.4) is 0 Å². The van der Waals surface area contributed by atoms with Gasteiger partial charge in [-0.15, -0.1) is 0 Å². The Morgan fingerprint density at radius 2 is 2.10 bits per heavy atom. The highest BCUT2D eigenvalue weighted by Crippen LogP contribution is 2.21. The molecule has 0 radical (unpaired) electrons. The van der Waals surface area contributed by atoms with Gasteiger partial charge in [0.2, 0.25) is 0 Å². The highest BCUT2D eigenvalue weighted by atomic mass is 79.9. The summed E-state index contributed by atoms with van der Waals surface area (Å²) in [6.45, 7) is 0.629. The zero-order valence-electron chi connectivity index (χ0n) is 11.2. The number of nitrogens with two attached hydrogens (primary N) is 1. The van der Waals surface area contributed by atoms with Crippen LogP contribution in [0.25, 0.3) is 0 Å². The van der Waals surface area contributed by atoms with E-state index in [1.165, 1.54) is 6.07 Å².